The fraction of sp³-hybridized carbons (Fsp3) is 0.310. The second kappa shape index (κ2) is 12.5. The van der Waals surface area contributed by atoms with Gasteiger partial charge < -0.3 is 14.8 Å². The van der Waals surface area contributed by atoms with Crippen molar-refractivity contribution in [1.82, 2.24) is 24.8 Å². The zero-order chi connectivity index (χ0) is 28.9. The molecular weight excluding hydrogens is 539 g/mol. The van der Waals surface area contributed by atoms with Crippen molar-refractivity contribution in [3.63, 3.8) is 0 Å². The van der Waals surface area contributed by atoms with Crippen molar-refractivity contribution < 1.29 is 27.4 Å². The number of benzene rings is 1. The van der Waals surface area contributed by atoms with Crippen LogP contribution in [-0.2, 0) is 11.3 Å². The fourth-order valence-corrected chi connectivity index (χ4v) is 4.67. The molecule has 9 nitrogen and oxygen atoms in total. The van der Waals surface area contributed by atoms with Gasteiger partial charge in [-0.3, -0.25) is 24.0 Å². The Labute approximate surface area is 233 Å². The van der Waals surface area contributed by atoms with Gasteiger partial charge in [0.2, 0.25) is 0 Å². The summed E-state index contributed by atoms with van der Waals surface area (Å²) in [6.07, 6.45) is 2.73. The first-order chi connectivity index (χ1) is 19.8. The van der Waals surface area contributed by atoms with Gasteiger partial charge in [0.15, 0.2) is 0 Å². The van der Waals surface area contributed by atoms with E-state index in [0.717, 1.165) is 13.1 Å². The van der Waals surface area contributed by atoms with E-state index in [1.54, 1.807) is 31.3 Å². The standard InChI is InChI=1S/C29H28F3N5O4/c1-18(19-2-4-22(30)5-3-19)35-27(38)24-15-20-14-21(25-7-6-23(17-33-25)41-29(31)32)16-34-26(20)37(28(24)39)9-8-36-10-12-40-13-11-36/h2-7,14-18,29H,8-13H2,1H3,(H,35,38). The molecule has 0 bridgehead atoms. The lowest BCUT2D eigenvalue weighted by Gasteiger charge is -2.27. The Balaban J connectivity index is 1.49. The molecule has 0 aliphatic carbocycles. The zero-order valence-corrected chi connectivity index (χ0v) is 22.2. The molecule has 1 aliphatic heterocycles. The molecule has 1 amide bonds. The maximum absolute atomic E-state index is 13.6. The van der Waals surface area contributed by atoms with E-state index in [0.29, 0.717) is 54.2 Å². The van der Waals surface area contributed by atoms with Crippen LogP contribution in [0.25, 0.3) is 22.3 Å². The number of fused-ring (bicyclic) bond motifs is 1. The summed E-state index contributed by atoms with van der Waals surface area (Å²) in [5.41, 5.74) is 1.53. The van der Waals surface area contributed by atoms with Gasteiger partial charge in [0.25, 0.3) is 11.5 Å². The van der Waals surface area contributed by atoms with Gasteiger partial charge in [-0.1, -0.05) is 12.1 Å². The quantitative estimate of drug-likeness (QED) is 0.326. The number of hydrogen-bond donors (Lipinski definition) is 1. The Hall–Kier alpha value is -4.29. The Morgan fingerprint density at radius 2 is 1.80 bits per heavy atom. The van der Waals surface area contributed by atoms with E-state index < -0.39 is 24.1 Å². The van der Waals surface area contributed by atoms with E-state index in [2.05, 4.69) is 24.9 Å². The summed E-state index contributed by atoms with van der Waals surface area (Å²) in [6.45, 7) is 2.32. The molecule has 0 saturated carbocycles. The Morgan fingerprint density at radius 1 is 1.05 bits per heavy atom. The molecule has 12 heteroatoms. The molecule has 1 aliphatic rings. The summed E-state index contributed by atoms with van der Waals surface area (Å²) < 4.78 is 49.7. The highest BCUT2D eigenvalue weighted by Gasteiger charge is 2.20. The van der Waals surface area contributed by atoms with Crippen molar-refractivity contribution in [2.75, 3.05) is 32.8 Å². The summed E-state index contributed by atoms with van der Waals surface area (Å²) in [4.78, 5) is 37.9. The fourth-order valence-electron chi connectivity index (χ4n) is 4.67. The molecular formula is C29H28F3N5O4. The largest absolute Gasteiger partial charge is 0.433 e. The molecule has 1 fully saturated rings. The molecule has 41 heavy (non-hydrogen) atoms. The summed E-state index contributed by atoms with van der Waals surface area (Å²) in [5.74, 6) is -1.05. The summed E-state index contributed by atoms with van der Waals surface area (Å²) >= 11 is 0. The van der Waals surface area contributed by atoms with E-state index >= 15 is 0 Å². The Bertz CT molecular complexity index is 1570. The predicted molar refractivity (Wildman–Crippen MR) is 145 cm³/mol. The number of aromatic nitrogens is 3. The molecule has 1 unspecified atom stereocenters. The minimum Gasteiger partial charge on any atom is -0.433 e. The summed E-state index contributed by atoms with van der Waals surface area (Å²) in [6, 6.07) is 11.4. The first kappa shape index (κ1) is 28.2. The van der Waals surface area contributed by atoms with E-state index in [1.807, 2.05) is 0 Å². The smallest absolute Gasteiger partial charge is 0.387 e. The highest BCUT2D eigenvalue weighted by atomic mass is 19.3. The average Bonchev–Trinajstić information content (AvgIpc) is 2.97. The van der Waals surface area contributed by atoms with E-state index in [9.17, 15) is 22.8 Å². The van der Waals surface area contributed by atoms with Crippen molar-refractivity contribution in [3.05, 3.63) is 88.2 Å². The number of amides is 1. The lowest BCUT2D eigenvalue weighted by Crippen LogP contribution is -2.40. The number of nitrogens with zero attached hydrogens (tertiary/aromatic N) is 4. The highest BCUT2D eigenvalue weighted by Crippen LogP contribution is 2.24. The third kappa shape index (κ3) is 6.72. The van der Waals surface area contributed by atoms with Gasteiger partial charge in [-0.2, -0.15) is 8.78 Å². The number of carbonyl (C=O) groups excluding carboxylic acids is 1. The number of nitrogens with one attached hydrogen (secondary N) is 1. The third-order valence-corrected chi connectivity index (χ3v) is 6.89. The highest BCUT2D eigenvalue weighted by molar-refractivity contribution is 5.97. The minimum absolute atomic E-state index is 0.0685. The number of carbonyl (C=O) groups is 1. The molecule has 0 radical (unpaired) electrons. The van der Waals surface area contributed by atoms with Gasteiger partial charge in [0.05, 0.1) is 31.1 Å². The summed E-state index contributed by atoms with van der Waals surface area (Å²) in [7, 11) is 0. The molecule has 1 aromatic carbocycles. The van der Waals surface area contributed by atoms with Crippen LogP contribution in [0.5, 0.6) is 5.75 Å². The molecule has 3 aromatic heterocycles. The topological polar surface area (TPSA) is 98.6 Å². The van der Waals surface area contributed by atoms with E-state index in [-0.39, 0.29) is 17.1 Å². The molecule has 1 N–H and O–H groups in total. The van der Waals surface area contributed by atoms with Crippen LogP contribution in [0.15, 0.2) is 65.7 Å². The van der Waals surface area contributed by atoms with Gasteiger partial charge in [0, 0.05) is 43.3 Å². The van der Waals surface area contributed by atoms with Gasteiger partial charge in [0.1, 0.15) is 22.8 Å². The summed E-state index contributed by atoms with van der Waals surface area (Å²) in [5, 5.41) is 3.35. The van der Waals surface area contributed by atoms with Crippen molar-refractivity contribution in [2.24, 2.45) is 0 Å². The second-order valence-corrected chi connectivity index (χ2v) is 9.61. The van der Waals surface area contributed by atoms with Crippen LogP contribution in [0, 0.1) is 5.82 Å². The van der Waals surface area contributed by atoms with Gasteiger partial charge >= 0.3 is 6.61 Å². The molecule has 0 spiro atoms. The van der Waals surface area contributed by atoms with Crippen LogP contribution in [-0.4, -0.2) is 64.8 Å². The number of pyridine rings is 3. The Morgan fingerprint density at radius 3 is 2.49 bits per heavy atom. The van der Waals surface area contributed by atoms with Crippen molar-refractivity contribution in [3.8, 4) is 17.0 Å². The van der Waals surface area contributed by atoms with Crippen molar-refractivity contribution >= 4 is 16.9 Å². The van der Waals surface area contributed by atoms with E-state index in [4.69, 9.17) is 4.74 Å². The Kier molecular flexibility index (Phi) is 8.60. The number of alkyl halides is 2. The van der Waals surface area contributed by atoms with Crippen LogP contribution >= 0.6 is 0 Å². The molecule has 4 heterocycles. The van der Waals surface area contributed by atoms with Crippen LogP contribution in [0.3, 0.4) is 0 Å². The first-order valence-electron chi connectivity index (χ1n) is 13.1. The third-order valence-electron chi connectivity index (χ3n) is 6.89. The maximum atomic E-state index is 13.6. The predicted octanol–water partition coefficient (Wildman–Crippen LogP) is 4.02. The number of morpholine rings is 1. The van der Waals surface area contributed by atoms with Gasteiger partial charge in [-0.05, 0) is 48.9 Å². The first-order valence-corrected chi connectivity index (χ1v) is 13.1. The monoisotopic (exact) mass is 567 g/mol. The van der Waals surface area contributed by atoms with Gasteiger partial charge in [-0.15, -0.1) is 0 Å². The lowest BCUT2D eigenvalue weighted by atomic mass is 10.1. The van der Waals surface area contributed by atoms with Gasteiger partial charge in [-0.25, -0.2) is 9.37 Å². The number of rotatable bonds is 9. The molecule has 5 rings (SSSR count). The zero-order valence-electron chi connectivity index (χ0n) is 22.2. The average molecular weight is 568 g/mol. The minimum atomic E-state index is -2.96. The molecule has 1 atom stereocenters. The van der Waals surface area contributed by atoms with Crippen LogP contribution in [0.1, 0.15) is 28.9 Å². The van der Waals surface area contributed by atoms with Crippen LogP contribution < -0.4 is 15.6 Å². The number of hydrogen-bond acceptors (Lipinski definition) is 7. The normalized spacial score (nSPS) is 14.8. The molecule has 214 valence electrons. The number of ether oxygens (including phenoxy) is 2. The lowest BCUT2D eigenvalue weighted by molar-refractivity contribution is -0.0500. The van der Waals surface area contributed by atoms with Crippen LogP contribution in [0.4, 0.5) is 13.2 Å². The number of halogens is 3. The molecule has 4 aromatic rings. The second-order valence-electron chi connectivity index (χ2n) is 9.61. The van der Waals surface area contributed by atoms with E-state index in [1.165, 1.54) is 41.1 Å². The van der Waals surface area contributed by atoms with Crippen LogP contribution in [0.2, 0.25) is 0 Å². The SMILES string of the molecule is CC(NC(=O)c1cc2cc(-c3ccc(OC(F)F)cn3)cnc2n(CCN2CCOCC2)c1=O)c1ccc(F)cc1. The molecule has 1 saturated heterocycles. The van der Waals surface area contributed by atoms with Crippen molar-refractivity contribution in [1.29, 1.82) is 0 Å². The van der Waals surface area contributed by atoms with Crippen molar-refractivity contribution in [2.45, 2.75) is 26.1 Å². The maximum Gasteiger partial charge on any atom is 0.387 e.